The van der Waals surface area contributed by atoms with Crippen molar-refractivity contribution in [2.75, 3.05) is 0 Å². The lowest BCUT2D eigenvalue weighted by Gasteiger charge is -2.10. The van der Waals surface area contributed by atoms with Gasteiger partial charge in [-0.1, -0.05) is 30.6 Å². The van der Waals surface area contributed by atoms with Crippen LogP contribution in [0.4, 0.5) is 0 Å². The minimum Gasteiger partial charge on any atom is -0.409 e. The van der Waals surface area contributed by atoms with Crippen molar-refractivity contribution in [2.45, 2.75) is 26.7 Å². The molecule has 3 N–H and O–H groups in total. The Morgan fingerprint density at radius 2 is 2.15 bits per heavy atom. The molecule has 106 valence electrons. The third kappa shape index (κ3) is 2.60. The van der Waals surface area contributed by atoms with Gasteiger partial charge in [-0.3, -0.25) is 0 Å². The van der Waals surface area contributed by atoms with Gasteiger partial charge in [-0.2, -0.15) is 5.10 Å². The number of hydrogen-bond donors (Lipinski definition) is 2. The first-order chi connectivity index (χ1) is 9.60. The van der Waals surface area contributed by atoms with Gasteiger partial charge in [0, 0.05) is 23.4 Å². The predicted octanol–water partition coefficient (Wildman–Crippen LogP) is 2.14. The highest BCUT2D eigenvalue weighted by atomic mass is 35.5. The van der Waals surface area contributed by atoms with Gasteiger partial charge in [0.15, 0.2) is 11.7 Å². The SMILES string of the molecule is CCc1nc(CC)n(-c2ccc(Cl)cc2C(N)=NO)n1. The molecule has 0 aliphatic heterocycles. The molecule has 1 aromatic heterocycles. The standard InChI is InChI=1S/C13H16ClN5O/c1-3-11-16-12(4-2)19(17-11)10-6-5-8(14)7-9(10)13(15)18-20/h5-7,20H,3-4H2,1-2H3,(H2,15,18). The summed E-state index contributed by atoms with van der Waals surface area (Å²) in [4.78, 5) is 4.45. The van der Waals surface area contributed by atoms with E-state index in [4.69, 9.17) is 22.5 Å². The van der Waals surface area contributed by atoms with Gasteiger partial charge in [-0.25, -0.2) is 9.67 Å². The summed E-state index contributed by atoms with van der Waals surface area (Å²) in [6.45, 7) is 3.99. The van der Waals surface area contributed by atoms with Crippen molar-refractivity contribution in [2.24, 2.45) is 10.9 Å². The van der Waals surface area contributed by atoms with Gasteiger partial charge in [0.1, 0.15) is 5.82 Å². The average Bonchev–Trinajstić information content (AvgIpc) is 2.89. The van der Waals surface area contributed by atoms with Crippen LogP contribution in [-0.2, 0) is 12.8 Å². The second-order valence-electron chi connectivity index (χ2n) is 4.21. The number of nitrogens with two attached hydrogens (primary N) is 1. The molecule has 0 bridgehead atoms. The van der Waals surface area contributed by atoms with E-state index < -0.39 is 0 Å². The van der Waals surface area contributed by atoms with E-state index in [1.54, 1.807) is 22.9 Å². The number of rotatable bonds is 4. The number of aryl methyl sites for hydroxylation is 2. The minimum absolute atomic E-state index is 0.0156. The molecule has 0 unspecified atom stereocenters. The number of hydrogen-bond acceptors (Lipinski definition) is 4. The Kier molecular flexibility index (Phi) is 4.24. The van der Waals surface area contributed by atoms with E-state index in [1.165, 1.54) is 0 Å². The first kappa shape index (κ1) is 14.3. The highest BCUT2D eigenvalue weighted by molar-refractivity contribution is 6.31. The molecule has 2 aromatic rings. The molecular weight excluding hydrogens is 278 g/mol. The summed E-state index contributed by atoms with van der Waals surface area (Å²) in [5.74, 6) is 1.55. The van der Waals surface area contributed by atoms with Gasteiger partial charge in [0.2, 0.25) is 0 Å². The normalized spacial score (nSPS) is 11.8. The molecule has 0 saturated carbocycles. The molecule has 0 aliphatic carbocycles. The van der Waals surface area contributed by atoms with E-state index in [0.717, 1.165) is 24.5 Å². The fourth-order valence-electron chi connectivity index (χ4n) is 1.92. The van der Waals surface area contributed by atoms with E-state index in [9.17, 15) is 0 Å². The summed E-state index contributed by atoms with van der Waals surface area (Å²) in [6.07, 6.45) is 1.47. The molecule has 1 aromatic carbocycles. The first-order valence-electron chi connectivity index (χ1n) is 6.33. The first-order valence-corrected chi connectivity index (χ1v) is 6.71. The Bertz CT molecular complexity index is 650. The third-order valence-electron chi connectivity index (χ3n) is 2.92. The molecule has 0 saturated heterocycles. The van der Waals surface area contributed by atoms with Crippen molar-refractivity contribution in [1.29, 1.82) is 0 Å². The van der Waals surface area contributed by atoms with Crippen LogP contribution in [0.3, 0.4) is 0 Å². The lowest BCUT2D eigenvalue weighted by atomic mass is 10.1. The lowest BCUT2D eigenvalue weighted by molar-refractivity contribution is 0.318. The topological polar surface area (TPSA) is 89.3 Å². The molecule has 0 aliphatic rings. The van der Waals surface area contributed by atoms with E-state index in [1.807, 2.05) is 13.8 Å². The number of halogens is 1. The van der Waals surface area contributed by atoms with Gasteiger partial charge >= 0.3 is 0 Å². The third-order valence-corrected chi connectivity index (χ3v) is 3.16. The Morgan fingerprint density at radius 3 is 2.75 bits per heavy atom. The fourth-order valence-corrected chi connectivity index (χ4v) is 2.09. The highest BCUT2D eigenvalue weighted by Gasteiger charge is 2.15. The maximum absolute atomic E-state index is 8.90. The largest absolute Gasteiger partial charge is 0.409 e. The maximum atomic E-state index is 8.90. The highest BCUT2D eigenvalue weighted by Crippen LogP contribution is 2.21. The van der Waals surface area contributed by atoms with Crippen LogP contribution in [0.15, 0.2) is 23.4 Å². The van der Waals surface area contributed by atoms with Gasteiger partial charge in [0.05, 0.1) is 5.69 Å². The van der Waals surface area contributed by atoms with E-state index in [-0.39, 0.29) is 5.84 Å². The summed E-state index contributed by atoms with van der Waals surface area (Å²) in [7, 11) is 0. The molecule has 6 nitrogen and oxygen atoms in total. The fraction of sp³-hybridized carbons (Fsp3) is 0.308. The number of nitrogens with zero attached hydrogens (tertiary/aromatic N) is 4. The van der Waals surface area contributed by atoms with Crippen LogP contribution in [0.5, 0.6) is 0 Å². The molecule has 0 atom stereocenters. The average molecular weight is 294 g/mol. The Morgan fingerprint density at radius 1 is 1.40 bits per heavy atom. The quantitative estimate of drug-likeness (QED) is 0.391. The molecular formula is C13H16ClN5O. The second-order valence-corrected chi connectivity index (χ2v) is 4.65. The number of benzene rings is 1. The van der Waals surface area contributed by atoms with Crippen LogP contribution in [-0.4, -0.2) is 25.8 Å². The lowest BCUT2D eigenvalue weighted by Crippen LogP contribution is -2.17. The van der Waals surface area contributed by atoms with Gasteiger partial charge in [0.25, 0.3) is 0 Å². The summed E-state index contributed by atoms with van der Waals surface area (Å²) in [5.41, 5.74) is 6.92. The van der Waals surface area contributed by atoms with E-state index in [0.29, 0.717) is 16.3 Å². The predicted molar refractivity (Wildman–Crippen MR) is 77.6 cm³/mol. The van der Waals surface area contributed by atoms with Crippen LogP contribution in [0.2, 0.25) is 5.02 Å². The Hall–Kier alpha value is -2.08. The molecule has 0 fully saturated rings. The van der Waals surface area contributed by atoms with Crippen molar-refractivity contribution in [3.63, 3.8) is 0 Å². The Balaban J connectivity index is 2.66. The monoisotopic (exact) mass is 293 g/mol. The summed E-state index contributed by atoms with van der Waals surface area (Å²) in [6, 6.07) is 5.15. The van der Waals surface area contributed by atoms with Crippen LogP contribution in [0.1, 0.15) is 31.1 Å². The minimum atomic E-state index is -0.0156. The molecule has 0 spiro atoms. The van der Waals surface area contributed by atoms with Crippen molar-refractivity contribution in [3.05, 3.63) is 40.4 Å². The molecule has 7 heteroatoms. The molecule has 0 amide bonds. The van der Waals surface area contributed by atoms with E-state index >= 15 is 0 Å². The second kappa shape index (κ2) is 5.92. The van der Waals surface area contributed by atoms with Gasteiger partial charge < -0.3 is 10.9 Å². The maximum Gasteiger partial charge on any atom is 0.172 e. The smallest absolute Gasteiger partial charge is 0.172 e. The molecule has 0 radical (unpaired) electrons. The van der Waals surface area contributed by atoms with E-state index in [2.05, 4.69) is 15.2 Å². The summed E-state index contributed by atoms with van der Waals surface area (Å²) < 4.78 is 1.71. The van der Waals surface area contributed by atoms with Crippen LogP contribution in [0, 0.1) is 0 Å². The Labute approximate surface area is 121 Å². The van der Waals surface area contributed by atoms with Crippen molar-refractivity contribution in [1.82, 2.24) is 14.8 Å². The molecule has 20 heavy (non-hydrogen) atoms. The zero-order valence-corrected chi connectivity index (χ0v) is 12.1. The van der Waals surface area contributed by atoms with Gasteiger partial charge in [-0.05, 0) is 18.2 Å². The number of oxime groups is 1. The van der Waals surface area contributed by atoms with Crippen LogP contribution in [0.25, 0.3) is 5.69 Å². The zero-order chi connectivity index (χ0) is 14.7. The van der Waals surface area contributed by atoms with Crippen LogP contribution < -0.4 is 5.73 Å². The van der Waals surface area contributed by atoms with Crippen molar-refractivity contribution in [3.8, 4) is 5.69 Å². The molecule has 1 heterocycles. The van der Waals surface area contributed by atoms with Crippen molar-refractivity contribution < 1.29 is 5.21 Å². The number of amidine groups is 1. The zero-order valence-electron chi connectivity index (χ0n) is 11.3. The molecule has 2 rings (SSSR count). The van der Waals surface area contributed by atoms with Crippen molar-refractivity contribution >= 4 is 17.4 Å². The summed E-state index contributed by atoms with van der Waals surface area (Å²) >= 11 is 5.97. The summed E-state index contributed by atoms with van der Waals surface area (Å²) in [5, 5.41) is 16.9. The number of aromatic nitrogens is 3. The van der Waals surface area contributed by atoms with Gasteiger partial charge in [-0.15, -0.1) is 0 Å². The van der Waals surface area contributed by atoms with Crippen LogP contribution >= 0.6 is 11.6 Å².